The van der Waals surface area contributed by atoms with Crippen molar-refractivity contribution in [1.29, 1.82) is 0 Å². The second-order valence-corrected chi connectivity index (χ2v) is 10.6. The first kappa shape index (κ1) is 25.5. The monoisotopic (exact) mass is 499 g/mol. The molecule has 0 aliphatic heterocycles. The van der Waals surface area contributed by atoms with Crippen LogP contribution in [0.2, 0.25) is 0 Å². The fraction of sp³-hybridized carbons (Fsp3) is 0.440. The Morgan fingerprint density at radius 1 is 1.25 bits per heavy atom. The van der Waals surface area contributed by atoms with E-state index in [0.29, 0.717) is 40.0 Å². The number of hydrogen-bond donors (Lipinski definition) is 3. The quantitative estimate of drug-likeness (QED) is 0.325. The maximum absolute atomic E-state index is 12.9. The molecule has 4 N–H and O–H groups in total. The van der Waals surface area contributed by atoms with E-state index >= 15 is 0 Å². The van der Waals surface area contributed by atoms with Gasteiger partial charge in [0, 0.05) is 29.2 Å². The van der Waals surface area contributed by atoms with E-state index in [0.717, 1.165) is 18.4 Å². The van der Waals surface area contributed by atoms with Crippen molar-refractivity contribution in [2.45, 2.75) is 71.7 Å². The van der Waals surface area contributed by atoms with Crippen molar-refractivity contribution < 1.29 is 18.3 Å². The fourth-order valence-corrected chi connectivity index (χ4v) is 3.97. The maximum atomic E-state index is 12.9. The number of hydrogen-bond acceptors (Lipinski definition) is 6. The van der Waals surface area contributed by atoms with Gasteiger partial charge in [-0.2, -0.15) is 13.9 Å². The van der Waals surface area contributed by atoms with E-state index in [-0.39, 0.29) is 17.2 Å². The van der Waals surface area contributed by atoms with Crippen molar-refractivity contribution in [2.75, 3.05) is 0 Å². The summed E-state index contributed by atoms with van der Waals surface area (Å²) in [7, 11) is 0. The zero-order valence-corrected chi connectivity index (χ0v) is 21.0. The zero-order valence-electron chi connectivity index (χ0n) is 21.0. The minimum Gasteiger partial charge on any atom is -0.435 e. The number of nitrogens with zero attached hydrogens (tertiary/aromatic N) is 4. The summed E-state index contributed by atoms with van der Waals surface area (Å²) < 4.78 is 32.2. The highest BCUT2D eigenvalue weighted by Gasteiger charge is 2.22. The molecule has 3 heterocycles. The first-order valence-corrected chi connectivity index (χ1v) is 11.7. The predicted octanol–water partition coefficient (Wildman–Crippen LogP) is 4.62. The van der Waals surface area contributed by atoms with Gasteiger partial charge in [-0.15, -0.1) is 0 Å². The lowest BCUT2D eigenvalue weighted by atomic mass is 10.0. The van der Waals surface area contributed by atoms with E-state index in [1.54, 1.807) is 23.1 Å². The number of alkyl halides is 2. The number of carbonyl (C=O) groups is 1. The van der Waals surface area contributed by atoms with Gasteiger partial charge in [-0.3, -0.25) is 9.48 Å². The van der Waals surface area contributed by atoms with Gasteiger partial charge in [0.05, 0.1) is 17.3 Å². The van der Waals surface area contributed by atoms with E-state index in [1.807, 2.05) is 34.6 Å². The van der Waals surface area contributed by atoms with Crippen molar-refractivity contribution in [3.8, 4) is 17.1 Å². The summed E-state index contributed by atoms with van der Waals surface area (Å²) in [6.07, 6.45) is 4.65. The number of amides is 1. The molecule has 0 aliphatic rings. The van der Waals surface area contributed by atoms with Crippen LogP contribution in [0.15, 0.2) is 30.6 Å². The molecule has 9 nitrogen and oxygen atoms in total. The van der Waals surface area contributed by atoms with Crippen LogP contribution in [0.4, 0.5) is 8.78 Å². The Labute approximate surface area is 207 Å². The molecule has 36 heavy (non-hydrogen) atoms. The second kappa shape index (κ2) is 9.45. The third-order valence-electron chi connectivity index (χ3n) is 5.49. The van der Waals surface area contributed by atoms with Crippen molar-refractivity contribution in [1.82, 2.24) is 30.0 Å². The number of nitrogens with one attached hydrogen (secondary N) is 2. The van der Waals surface area contributed by atoms with Gasteiger partial charge in [-0.1, -0.05) is 0 Å². The number of fused-ring (bicyclic) bond motifs is 2. The lowest BCUT2D eigenvalue weighted by molar-refractivity contribution is -0.0497. The largest absolute Gasteiger partial charge is 0.435 e. The van der Waals surface area contributed by atoms with Gasteiger partial charge in [0.15, 0.2) is 5.65 Å². The number of aromatic nitrogens is 5. The molecule has 0 spiro atoms. The number of halogens is 2. The number of aryl methyl sites for hydroxylation is 1. The average Bonchev–Trinajstić information content (AvgIpc) is 3.32. The van der Waals surface area contributed by atoms with Crippen molar-refractivity contribution in [3.63, 3.8) is 0 Å². The second-order valence-electron chi connectivity index (χ2n) is 10.6. The molecule has 1 aromatic carbocycles. The molecule has 4 rings (SSSR count). The predicted molar refractivity (Wildman–Crippen MR) is 134 cm³/mol. The molecular weight excluding hydrogens is 468 g/mol. The van der Waals surface area contributed by atoms with Crippen molar-refractivity contribution in [2.24, 2.45) is 5.73 Å². The van der Waals surface area contributed by atoms with Gasteiger partial charge >= 0.3 is 6.61 Å². The van der Waals surface area contributed by atoms with Crippen LogP contribution in [-0.2, 0) is 6.54 Å². The Morgan fingerprint density at radius 3 is 2.67 bits per heavy atom. The minimum atomic E-state index is -2.95. The molecule has 0 atom stereocenters. The number of rotatable bonds is 8. The molecule has 3 aromatic heterocycles. The zero-order chi connectivity index (χ0) is 26.3. The number of ether oxygens (including phenoxy) is 1. The minimum absolute atomic E-state index is 0.0160. The molecule has 11 heteroatoms. The fourth-order valence-electron chi connectivity index (χ4n) is 3.97. The topological polar surface area (TPSA) is 124 Å². The number of aromatic amines is 1. The van der Waals surface area contributed by atoms with E-state index in [4.69, 9.17) is 15.8 Å². The summed E-state index contributed by atoms with van der Waals surface area (Å²) >= 11 is 0. The summed E-state index contributed by atoms with van der Waals surface area (Å²) in [5.74, 6) is -0.269. The van der Waals surface area contributed by atoms with Gasteiger partial charge in [0.2, 0.25) is 0 Å². The van der Waals surface area contributed by atoms with E-state index in [2.05, 4.69) is 20.0 Å². The molecular formula is C25H31F2N7O2. The van der Waals surface area contributed by atoms with E-state index in [1.165, 1.54) is 12.1 Å². The lowest BCUT2D eigenvalue weighted by Crippen LogP contribution is -2.40. The van der Waals surface area contributed by atoms with Gasteiger partial charge in [0.1, 0.15) is 22.7 Å². The van der Waals surface area contributed by atoms with Crippen LogP contribution in [0.25, 0.3) is 33.5 Å². The molecule has 0 aliphatic carbocycles. The summed E-state index contributed by atoms with van der Waals surface area (Å²) in [5.41, 5.74) is 8.17. The smallest absolute Gasteiger partial charge is 0.387 e. The summed E-state index contributed by atoms with van der Waals surface area (Å²) in [6, 6.07) is 4.70. The highest BCUT2D eigenvalue weighted by molar-refractivity contribution is 6.05. The summed E-state index contributed by atoms with van der Waals surface area (Å²) in [5, 5.41) is 8.26. The first-order valence-electron chi connectivity index (χ1n) is 11.7. The maximum Gasteiger partial charge on any atom is 0.387 e. The van der Waals surface area contributed by atoms with E-state index in [9.17, 15) is 13.6 Å². The van der Waals surface area contributed by atoms with Gasteiger partial charge in [0.25, 0.3) is 5.91 Å². The SMILES string of the molecule is CC(C)(N)CCCn1nc(-c2cnc3[nH]cc(C(=O)NC(C)(C)C)c3n2)c2cc(OC(F)F)ccc21. The Balaban J connectivity index is 1.79. The molecule has 192 valence electrons. The van der Waals surface area contributed by atoms with Crippen LogP contribution < -0.4 is 15.8 Å². The molecule has 0 radical (unpaired) electrons. The van der Waals surface area contributed by atoms with Crippen molar-refractivity contribution >= 4 is 28.0 Å². The van der Waals surface area contributed by atoms with Gasteiger partial charge in [-0.05, 0) is 65.7 Å². The number of H-pyrrole nitrogens is 1. The Bertz CT molecular complexity index is 1400. The molecule has 0 unspecified atom stereocenters. The third-order valence-corrected chi connectivity index (χ3v) is 5.49. The molecule has 1 amide bonds. The molecule has 0 fully saturated rings. The van der Waals surface area contributed by atoms with Crippen LogP contribution in [0.1, 0.15) is 57.8 Å². The lowest BCUT2D eigenvalue weighted by Gasteiger charge is -2.19. The van der Waals surface area contributed by atoms with Gasteiger partial charge < -0.3 is 20.8 Å². The van der Waals surface area contributed by atoms with Gasteiger partial charge in [-0.25, -0.2) is 9.97 Å². The van der Waals surface area contributed by atoms with E-state index < -0.39 is 12.2 Å². The third kappa shape index (κ3) is 5.78. The highest BCUT2D eigenvalue weighted by Crippen LogP contribution is 2.32. The molecule has 0 bridgehead atoms. The van der Waals surface area contributed by atoms with Crippen molar-refractivity contribution in [3.05, 3.63) is 36.2 Å². The number of carbonyl (C=O) groups excluding carboxylic acids is 1. The number of nitrogens with two attached hydrogens (primary N) is 1. The van der Waals surface area contributed by atoms with Crippen LogP contribution in [0, 0.1) is 0 Å². The Morgan fingerprint density at radius 2 is 2.00 bits per heavy atom. The van der Waals surface area contributed by atoms with Crippen LogP contribution in [-0.4, -0.2) is 48.3 Å². The Hall–Kier alpha value is -3.60. The molecule has 4 aromatic rings. The standard InChI is InChI=1S/C25H31F2N7O2/c1-24(2,3)32-22(35)16-12-29-21-20(16)31-17(13-30-21)19-15-11-14(36-23(26)27)7-8-18(15)34(33-19)10-6-9-25(4,5)28/h7-8,11-13,23H,6,9-10,28H2,1-5H3,(H,29,30)(H,32,35). The summed E-state index contributed by atoms with van der Waals surface area (Å²) in [6.45, 7) is 7.21. The normalized spacial score (nSPS) is 12.6. The van der Waals surface area contributed by atoms with Crippen LogP contribution in [0.5, 0.6) is 5.75 Å². The average molecular weight is 500 g/mol. The number of benzene rings is 1. The van der Waals surface area contributed by atoms with Crippen LogP contribution >= 0.6 is 0 Å². The Kier molecular flexibility index (Phi) is 6.70. The van der Waals surface area contributed by atoms with Crippen LogP contribution in [0.3, 0.4) is 0 Å². The summed E-state index contributed by atoms with van der Waals surface area (Å²) in [4.78, 5) is 24.9. The molecule has 0 saturated heterocycles. The molecule has 0 saturated carbocycles. The first-order chi connectivity index (χ1) is 16.8. The highest BCUT2D eigenvalue weighted by atomic mass is 19.3.